The van der Waals surface area contributed by atoms with E-state index >= 15 is 0 Å². The topological polar surface area (TPSA) is 106 Å². The fourth-order valence-electron chi connectivity index (χ4n) is 2.71. The van der Waals surface area contributed by atoms with E-state index < -0.39 is 11.8 Å². The van der Waals surface area contributed by atoms with E-state index in [0.29, 0.717) is 28.3 Å². The van der Waals surface area contributed by atoms with Crippen LogP contribution in [0.5, 0.6) is 11.5 Å². The molecular formula is C23H21N3O5. The molecule has 8 heteroatoms. The number of ether oxygens (including phenoxy) is 2. The Morgan fingerprint density at radius 1 is 0.613 bits per heavy atom. The zero-order valence-electron chi connectivity index (χ0n) is 17.0. The molecule has 3 amide bonds. The van der Waals surface area contributed by atoms with Gasteiger partial charge in [0.05, 0.1) is 14.2 Å². The molecule has 3 rings (SSSR count). The maximum absolute atomic E-state index is 12.4. The first-order chi connectivity index (χ1) is 15.0. The van der Waals surface area contributed by atoms with Gasteiger partial charge in [0.2, 0.25) is 0 Å². The predicted octanol–water partition coefficient (Wildman–Crippen LogP) is 3.03. The monoisotopic (exact) mass is 419 g/mol. The van der Waals surface area contributed by atoms with Crippen LogP contribution < -0.4 is 25.6 Å². The van der Waals surface area contributed by atoms with Crippen LogP contribution in [0.3, 0.4) is 0 Å². The first-order valence-electron chi connectivity index (χ1n) is 9.30. The van der Waals surface area contributed by atoms with Crippen LogP contribution in [0.25, 0.3) is 0 Å². The number of benzene rings is 3. The van der Waals surface area contributed by atoms with E-state index in [1.807, 2.05) is 0 Å². The molecule has 3 N–H and O–H groups in total. The second kappa shape index (κ2) is 9.93. The van der Waals surface area contributed by atoms with E-state index in [1.54, 1.807) is 66.7 Å². The van der Waals surface area contributed by atoms with Crippen molar-refractivity contribution in [3.05, 3.63) is 89.5 Å². The number of carbonyl (C=O) groups is 3. The van der Waals surface area contributed by atoms with Crippen LogP contribution in [-0.4, -0.2) is 31.9 Å². The molecule has 0 fully saturated rings. The largest absolute Gasteiger partial charge is 0.497 e. The summed E-state index contributed by atoms with van der Waals surface area (Å²) in [7, 11) is 3.05. The van der Waals surface area contributed by atoms with E-state index in [1.165, 1.54) is 20.3 Å². The predicted molar refractivity (Wildman–Crippen MR) is 115 cm³/mol. The number of hydrogen-bond donors (Lipinski definition) is 3. The highest BCUT2D eigenvalue weighted by Gasteiger charge is 2.12. The third-order valence-electron chi connectivity index (χ3n) is 4.36. The van der Waals surface area contributed by atoms with Gasteiger partial charge in [0.15, 0.2) is 0 Å². The second-order valence-corrected chi connectivity index (χ2v) is 6.40. The molecule has 0 aliphatic rings. The Morgan fingerprint density at radius 3 is 1.84 bits per heavy atom. The molecule has 0 atom stereocenters. The molecule has 0 saturated carbocycles. The highest BCUT2D eigenvalue weighted by atomic mass is 16.5. The summed E-state index contributed by atoms with van der Waals surface area (Å²) >= 11 is 0. The van der Waals surface area contributed by atoms with Crippen LogP contribution >= 0.6 is 0 Å². The minimum absolute atomic E-state index is 0.262. The number of amides is 3. The Balaban J connectivity index is 1.61. The molecule has 0 aliphatic heterocycles. The summed E-state index contributed by atoms with van der Waals surface area (Å²) in [6.45, 7) is 0. The fraction of sp³-hybridized carbons (Fsp3) is 0.0870. The average molecular weight is 419 g/mol. The zero-order valence-corrected chi connectivity index (χ0v) is 17.0. The van der Waals surface area contributed by atoms with Crippen molar-refractivity contribution in [1.82, 2.24) is 10.9 Å². The summed E-state index contributed by atoms with van der Waals surface area (Å²) in [5.41, 5.74) is 6.18. The van der Waals surface area contributed by atoms with Gasteiger partial charge < -0.3 is 14.8 Å². The molecule has 3 aromatic carbocycles. The number of hydrazine groups is 1. The average Bonchev–Trinajstić information content (AvgIpc) is 2.82. The van der Waals surface area contributed by atoms with Gasteiger partial charge in [0.25, 0.3) is 17.7 Å². The van der Waals surface area contributed by atoms with Crippen molar-refractivity contribution < 1.29 is 23.9 Å². The maximum Gasteiger partial charge on any atom is 0.269 e. The second-order valence-electron chi connectivity index (χ2n) is 6.40. The van der Waals surface area contributed by atoms with Crippen molar-refractivity contribution in [2.45, 2.75) is 0 Å². The minimum Gasteiger partial charge on any atom is -0.497 e. The summed E-state index contributed by atoms with van der Waals surface area (Å²) in [5, 5.41) is 2.73. The summed E-state index contributed by atoms with van der Waals surface area (Å²) < 4.78 is 10.2. The van der Waals surface area contributed by atoms with Crippen molar-refractivity contribution in [2.24, 2.45) is 0 Å². The molecule has 8 nitrogen and oxygen atoms in total. The molecule has 0 saturated heterocycles. The summed E-state index contributed by atoms with van der Waals surface area (Å²) in [5.74, 6) is -0.163. The van der Waals surface area contributed by atoms with Gasteiger partial charge in [-0.25, -0.2) is 0 Å². The highest BCUT2D eigenvalue weighted by molar-refractivity contribution is 6.05. The third-order valence-corrected chi connectivity index (χ3v) is 4.36. The van der Waals surface area contributed by atoms with Crippen LogP contribution in [0.2, 0.25) is 0 Å². The molecule has 0 aromatic heterocycles. The summed E-state index contributed by atoms with van der Waals surface area (Å²) in [6, 6.07) is 19.5. The van der Waals surface area contributed by atoms with Crippen LogP contribution in [0.4, 0.5) is 5.69 Å². The number of hydrogen-bond acceptors (Lipinski definition) is 5. The van der Waals surface area contributed by atoms with Crippen molar-refractivity contribution in [1.29, 1.82) is 0 Å². The number of carbonyl (C=O) groups excluding carboxylic acids is 3. The fourth-order valence-corrected chi connectivity index (χ4v) is 2.71. The van der Waals surface area contributed by atoms with Gasteiger partial charge in [-0.05, 0) is 60.7 Å². The van der Waals surface area contributed by atoms with Gasteiger partial charge >= 0.3 is 0 Å². The van der Waals surface area contributed by atoms with Gasteiger partial charge in [-0.15, -0.1) is 0 Å². The SMILES string of the molecule is COc1ccc(C(=O)NNC(=O)c2cccc(NC(=O)c3cccc(OC)c3)c2)cc1. The minimum atomic E-state index is -0.528. The van der Waals surface area contributed by atoms with Gasteiger partial charge in [0, 0.05) is 22.4 Å². The first kappa shape index (κ1) is 21.4. The van der Waals surface area contributed by atoms with Crippen LogP contribution in [-0.2, 0) is 0 Å². The summed E-state index contributed by atoms with van der Waals surface area (Å²) in [6.07, 6.45) is 0. The standard InChI is InChI=1S/C23H21N3O5/c1-30-19-11-9-15(10-12-19)22(28)25-26-23(29)16-5-3-7-18(13-16)24-21(27)17-6-4-8-20(14-17)31-2/h3-14H,1-2H3,(H,24,27)(H,25,28)(H,26,29). The number of anilines is 1. The van der Waals surface area contributed by atoms with Gasteiger partial charge in [-0.2, -0.15) is 0 Å². The quantitative estimate of drug-likeness (QED) is 0.533. The molecule has 0 aliphatic carbocycles. The molecule has 158 valence electrons. The molecule has 0 bridgehead atoms. The van der Waals surface area contributed by atoms with Crippen LogP contribution in [0, 0.1) is 0 Å². The molecular weight excluding hydrogens is 398 g/mol. The lowest BCUT2D eigenvalue weighted by atomic mass is 10.1. The Hall–Kier alpha value is -4.33. The lowest BCUT2D eigenvalue weighted by Crippen LogP contribution is -2.41. The molecule has 0 heterocycles. The van der Waals surface area contributed by atoms with Crippen molar-refractivity contribution in [2.75, 3.05) is 19.5 Å². The van der Waals surface area contributed by atoms with Crippen molar-refractivity contribution in [3.8, 4) is 11.5 Å². The lowest BCUT2D eigenvalue weighted by molar-refractivity contribution is 0.0846. The van der Waals surface area contributed by atoms with E-state index in [-0.39, 0.29) is 11.5 Å². The number of nitrogens with one attached hydrogen (secondary N) is 3. The first-order valence-corrected chi connectivity index (χ1v) is 9.30. The van der Waals surface area contributed by atoms with E-state index in [2.05, 4.69) is 16.2 Å². The molecule has 0 radical (unpaired) electrons. The Morgan fingerprint density at radius 2 is 1.19 bits per heavy atom. The third kappa shape index (κ3) is 5.60. The Bertz CT molecular complexity index is 1100. The van der Waals surface area contributed by atoms with E-state index in [4.69, 9.17) is 9.47 Å². The zero-order chi connectivity index (χ0) is 22.2. The Kier molecular flexibility index (Phi) is 6.85. The van der Waals surface area contributed by atoms with Crippen molar-refractivity contribution in [3.63, 3.8) is 0 Å². The number of rotatable bonds is 6. The number of methoxy groups -OCH3 is 2. The van der Waals surface area contributed by atoms with Gasteiger partial charge in [0.1, 0.15) is 11.5 Å². The molecule has 31 heavy (non-hydrogen) atoms. The molecule has 0 unspecified atom stereocenters. The molecule has 3 aromatic rings. The van der Waals surface area contributed by atoms with Gasteiger partial charge in [-0.1, -0.05) is 12.1 Å². The Labute approximate surface area is 179 Å². The van der Waals surface area contributed by atoms with Gasteiger partial charge in [-0.3, -0.25) is 25.2 Å². The van der Waals surface area contributed by atoms with Crippen LogP contribution in [0.15, 0.2) is 72.8 Å². The lowest BCUT2D eigenvalue weighted by Gasteiger charge is -2.10. The van der Waals surface area contributed by atoms with Crippen LogP contribution in [0.1, 0.15) is 31.1 Å². The highest BCUT2D eigenvalue weighted by Crippen LogP contribution is 2.16. The summed E-state index contributed by atoms with van der Waals surface area (Å²) in [4.78, 5) is 37.0. The van der Waals surface area contributed by atoms with E-state index in [9.17, 15) is 14.4 Å². The smallest absolute Gasteiger partial charge is 0.269 e. The maximum atomic E-state index is 12.4. The van der Waals surface area contributed by atoms with E-state index in [0.717, 1.165) is 0 Å². The molecule has 0 spiro atoms. The normalized spacial score (nSPS) is 10.0. The van der Waals surface area contributed by atoms with Crippen molar-refractivity contribution >= 4 is 23.4 Å².